The van der Waals surface area contributed by atoms with Gasteiger partial charge in [-0.05, 0) is 68.3 Å². The molecule has 1 atom stereocenters. The van der Waals surface area contributed by atoms with Crippen LogP contribution >= 0.6 is 11.6 Å². The summed E-state index contributed by atoms with van der Waals surface area (Å²) in [5, 5.41) is 7.37. The molecule has 3 aromatic rings. The average molecular weight is 550 g/mol. The Morgan fingerprint density at radius 3 is 2.46 bits per heavy atom. The number of nitrogens with one attached hydrogen (secondary N) is 2. The summed E-state index contributed by atoms with van der Waals surface area (Å²) < 4.78 is 17.1. The lowest BCUT2D eigenvalue weighted by atomic mass is 10.1. The van der Waals surface area contributed by atoms with Gasteiger partial charge in [0.15, 0.2) is 11.5 Å². The molecule has 0 radical (unpaired) electrons. The lowest BCUT2D eigenvalue weighted by Gasteiger charge is -2.17. The number of amides is 2. The summed E-state index contributed by atoms with van der Waals surface area (Å²) in [5.41, 5.74) is 5.35. The second-order valence-corrected chi connectivity index (χ2v) is 8.89. The Morgan fingerprint density at radius 1 is 1.05 bits per heavy atom. The van der Waals surface area contributed by atoms with Crippen LogP contribution < -0.4 is 25.0 Å². The van der Waals surface area contributed by atoms with Crippen LogP contribution in [0.5, 0.6) is 17.2 Å². The molecule has 0 aromatic heterocycles. The van der Waals surface area contributed by atoms with E-state index in [2.05, 4.69) is 22.4 Å². The van der Waals surface area contributed by atoms with Gasteiger partial charge >= 0.3 is 0 Å². The monoisotopic (exact) mass is 549 g/mol. The summed E-state index contributed by atoms with van der Waals surface area (Å²) in [7, 11) is 1.56. The predicted octanol–water partition coefficient (Wildman–Crippen LogP) is 5.78. The minimum atomic E-state index is -0.972. The fourth-order valence-electron chi connectivity index (χ4n) is 3.57. The van der Waals surface area contributed by atoms with Crippen LogP contribution in [0.15, 0.2) is 78.4 Å². The third-order valence-electron chi connectivity index (χ3n) is 5.68. The first-order valence-electron chi connectivity index (χ1n) is 12.4. The smallest absolute Gasteiger partial charge is 0.252 e. The standard InChI is InChI=1S/C30H32ClN3O5/c1-5-9-22-16-21(17-27(38-6-2)28(22)39-19-23-10-7-8-11-26(23)31)18-32-34-30(36)20(3)29(35)33-24-12-14-25(37-4)15-13-24/h5,7-8,10-18,20H,1,6,9,19H2,2-4H3,(H,33,35)(H,34,36). The number of ether oxygens (including phenoxy) is 3. The molecule has 3 rings (SSSR count). The Kier molecular flexibility index (Phi) is 10.9. The molecular weight excluding hydrogens is 518 g/mol. The van der Waals surface area contributed by atoms with Crippen molar-refractivity contribution in [1.29, 1.82) is 0 Å². The number of carbonyl (C=O) groups excluding carboxylic acids is 2. The highest BCUT2D eigenvalue weighted by Crippen LogP contribution is 2.34. The van der Waals surface area contributed by atoms with E-state index in [-0.39, 0.29) is 6.61 Å². The van der Waals surface area contributed by atoms with Crippen LogP contribution in [0.25, 0.3) is 0 Å². The summed E-state index contributed by atoms with van der Waals surface area (Å²) in [6.45, 7) is 7.92. The number of hydrogen-bond acceptors (Lipinski definition) is 6. The zero-order chi connectivity index (χ0) is 28.2. The summed E-state index contributed by atoms with van der Waals surface area (Å²) in [4.78, 5) is 25.0. The first kappa shape index (κ1) is 29.3. The summed E-state index contributed by atoms with van der Waals surface area (Å²) in [6.07, 6.45) is 3.77. The molecule has 3 aromatic carbocycles. The van der Waals surface area contributed by atoms with Gasteiger partial charge in [-0.1, -0.05) is 35.9 Å². The van der Waals surface area contributed by atoms with Crippen LogP contribution in [0.4, 0.5) is 5.69 Å². The number of carbonyl (C=O) groups is 2. The molecule has 2 amide bonds. The number of anilines is 1. The fraction of sp³-hybridized carbons (Fsp3) is 0.233. The van der Waals surface area contributed by atoms with Crippen molar-refractivity contribution in [3.63, 3.8) is 0 Å². The fourth-order valence-corrected chi connectivity index (χ4v) is 3.76. The number of rotatable bonds is 13. The van der Waals surface area contributed by atoms with Crippen molar-refractivity contribution in [1.82, 2.24) is 5.43 Å². The van der Waals surface area contributed by atoms with Gasteiger partial charge in [-0.3, -0.25) is 9.59 Å². The van der Waals surface area contributed by atoms with Crippen molar-refractivity contribution in [2.75, 3.05) is 19.0 Å². The number of hydrazone groups is 1. The minimum absolute atomic E-state index is 0.268. The van der Waals surface area contributed by atoms with Gasteiger partial charge in [-0.2, -0.15) is 5.10 Å². The molecule has 0 bridgehead atoms. The van der Waals surface area contributed by atoms with E-state index in [0.717, 1.165) is 11.1 Å². The van der Waals surface area contributed by atoms with E-state index < -0.39 is 17.7 Å². The molecular formula is C30H32ClN3O5. The molecule has 0 aliphatic carbocycles. The van der Waals surface area contributed by atoms with E-state index in [1.807, 2.05) is 37.3 Å². The zero-order valence-corrected chi connectivity index (χ0v) is 23.0. The van der Waals surface area contributed by atoms with Crippen molar-refractivity contribution in [2.45, 2.75) is 26.9 Å². The molecule has 8 nitrogen and oxygen atoms in total. The van der Waals surface area contributed by atoms with Crippen molar-refractivity contribution in [3.8, 4) is 17.2 Å². The van der Waals surface area contributed by atoms with Gasteiger partial charge in [0.05, 0.1) is 19.9 Å². The molecule has 0 saturated heterocycles. The first-order valence-corrected chi connectivity index (χ1v) is 12.8. The number of benzene rings is 3. The molecule has 1 unspecified atom stereocenters. The van der Waals surface area contributed by atoms with E-state index in [9.17, 15) is 9.59 Å². The molecule has 39 heavy (non-hydrogen) atoms. The van der Waals surface area contributed by atoms with Gasteiger partial charge < -0.3 is 19.5 Å². The van der Waals surface area contributed by atoms with Gasteiger partial charge in [-0.25, -0.2) is 5.43 Å². The van der Waals surface area contributed by atoms with Crippen molar-refractivity contribution in [2.24, 2.45) is 11.0 Å². The maximum atomic E-state index is 12.5. The highest BCUT2D eigenvalue weighted by atomic mass is 35.5. The van der Waals surface area contributed by atoms with Gasteiger partial charge in [0, 0.05) is 21.8 Å². The Hall–Kier alpha value is -4.30. The molecule has 9 heteroatoms. The van der Waals surface area contributed by atoms with Crippen LogP contribution in [0.3, 0.4) is 0 Å². The van der Waals surface area contributed by atoms with Gasteiger partial charge in [0.25, 0.3) is 5.91 Å². The largest absolute Gasteiger partial charge is 0.497 e. The lowest BCUT2D eigenvalue weighted by molar-refractivity contribution is -0.131. The lowest BCUT2D eigenvalue weighted by Crippen LogP contribution is -2.34. The number of hydrogen-bond donors (Lipinski definition) is 2. The van der Waals surface area contributed by atoms with Crippen LogP contribution in [0.2, 0.25) is 5.02 Å². The van der Waals surface area contributed by atoms with Gasteiger partial charge in [0.1, 0.15) is 18.3 Å². The van der Waals surface area contributed by atoms with Crippen LogP contribution in [-0.4, -0.2) is 31.7 Å². The Bertz CT molecular complexity index is 1320. The maximum Gasteiger partial charge on any atom is 0.252 e. The molecule has 0 heterocycles. The van der Waals surface area contributed by atoms with E-state index in [0.29, 0.717) is 46.5 Å². The van der Waals surface area contributed by atoms with E-state index in [1.54, 1.807) is 43.5 Å². The predicted molar refractivity (Wildman–Crippen MR) is 154 cm³/mol. The molecule has 2 N–H and O–H groups in total. The minimum Gasteiger partial charge on any atom is -0.497 e. The van der Waals surface area contributed by atoms with Crippen molar-refractivity contribution < 1.29 is 23.8 Å². The van der Waals surface area contributed by atoms with E-state index in [4.69, 9.17) is 25.8 Å². The molecule has 0 spiro atoms. The highest BCUT2D eigenvalue weighted by Gasteiger charge is 2.21. The summed E-state index contributed by atoms with van der Waals surface area (Å²) in [6, 6.07) is 17.9. The Balaban J connectivity index is 1.70. The second kappa shape index (κ2) is 14.6. The molecule has 0 fully saturated rings. The van der Waals surface area contributed by atoms with Crippen LogP contribution in [0, 0.1) is 5.92 Å². The maximum absolute atomic E-state index is 12.5. The topological polar surface area (TPSA) is 98.3 Å². The number of allylic oxidation sites excluding steroid dienone is 1. The van der Waals surface area contributed by atoms with E-state index in [1.165, 1.54) is 13.1 Å². The van der Waals surface area contributed by atoms with E-state index >= 15 is 0 Å². The number of nitrogens with zero attached hydrogens (tertiary/aromatic N) is 1. The Labute approximate surface area is 233 Å². The summed E-state index contributed by atoms with van der Waals surface area (Å²) in [5.74, 6) is -0.198. The van der Waals surface area contributed by atoms with Crippen molar-refractivity contribution in [3.05, 3.63) is 95.0 Å². The molecule has 0 saturated carbocycles. The molecule has 0 aliphatic rings. The number of methoxy groups -OCH3 is 1. The van der Waals surface area contributed by atoms with Crippen molar-refractivity contribution >= 4 is 35.3 Å². The third-order valence-corrected chi connectivity index (χ3v) is 6.05. The zero-order valence-electron chi connectivity index (χ0n) is 22.2. The number of halogens is 1. The normalized spacial score (nSPS) is 11.5. The highest BCUT2D eigenvalue weighted by molar-refractivity contribution is 6.31. The average Bonchev–Trinajstić information content (AvgIpc) is 2.93. The molecule has 0 aliphatic heterocycles. The third kappa shape index (κ3) is 8.35. The Morgan fingerprint density at radius 2 is 1.79 bits per heavy atom. The van der Waals surface area contributed by atoms with Crippen LogP contribution in [0.1, 0.15) is 30.5 Å². The molecule has 204 valence electrons. The second-order valence-electron chi connectivity index (χ2n) is 8.49. The van der Waals surface area contributed by atoms with Gasteiger partial charge in [-0.15, -0.1) is 6.58 Å². The first-order chi connectivity index (χ1) is 18.9. The van der Waals surface area contributed by atoms with Gasteiger partial charge in [0.2, 0.25) is 5.91 Å². The summed E-state index contributed by atoms with van der Waals surface area (Å²) >= 11 is 6.28. The van der Waals surface area contributed by atoms with Crippen LogP contribution in [-0.2, 0) is 22.6 Å². The SMILES string of the molecule is C=CCc1cc(C=NNC(=O)C(C)C(=O)Nc2ccc(OC)cc2)cc(OCC)c1OCc1ccccc1Cl. The quantitative estimate of drug-likeness (QED) is 0.122.